The number of hydrogen-bond acceptors (Lipinski definition) is 4. The van der Waals surface area contributed by atoms with Crippen LogP contribution in [0.5, 0.6) is 0 Å². The molecule has 4 heteroatoms. The van der Waals surface area contributed by atoms with Crippen LogP contribution in [0.3, 0.4) is 0 Å². The van der Waals surface area contributed by atoms with Crippen LogP contribution in [0.1, 0.15) is 11.4 Å². The Labute approximate surface area is 116 Å². The van der Waals surface area contributed by atoms with Crippen molar-refractivity contribution in [2.24, 2.45) is 0 Å². The first-order valence-corrected chi connectivity index (χ1v) is 6.24. The second-order valence-electron chi connectivity index (χ2n) is 4.32. The highest BCUT2D eigenvalue weighted by molar-refractivity contribution is 5.67. The van der Waals surface area contributed by atoms with Gasteiger partial charge in [0.05, 0.1) is 0 Å². The lowest BCUT2D eigenvalue weighted by Crippen LogP contribution is -1.84. The van der Waals surface area contributed by atoms with Crippen LogP contribution in [0.2, 0.25) is 0 Å². The summed E-state index contributed by atoms with van der Waals surface area (Å²) in [6.45, 7) is 0. The monoisotopic (exact) mass is 263 g/mol. The van der Waals surface area contributed by atoms with E-state index in [9.17, 15) is 0 Å². The molecule has 2 aromatic carbocycles. The molecule has 3 aromatic rings. The highest BCUT2D eigenvalue weighted by Crippen LogP contribution is 2.19. The van der Waals surface area contributed by atoms with Gasteiger partial charge in [-0.3, -0.25) is 0 Å². The quantitative estimate of drug-likeness (QED) is 0.734. The molecule has 0 radical (unpaired) electrons. The van der Waals surface area contributed by atoms with Gasteiger partial charge in [-0.2, -0.15) is 4.98 Å². The molecule has 0 atom stereocenters. The van der Waals surface area contributed by atoms with Crippen molar-refractivity contribution in [3.05, 3.63) is 66.0 Å². The SMILES string of the molecule is Nc1ccc(-c2nc(/C=C/c3ccccc3)no2)cc1. The maximum absolute atomic E-state index is 5.64. The molecular formula is C16H13N3O. The second kappa shape index (κ2) is 5.40. The van der Waals surface area contributed by atoms with E-state index >= 15 is 0 Å². The van der Waals surface area contributed by atoms with Gasteiger partial charge in [-0.25, -0.2) is 0 Å². The van der Waals surface area contributed by atoms with Gasteiger partial charge in [0.25, 0.3) is 5.89 Å². The summed E-state index contributed by atoms with van der Waals surface area (Å²) < 4.78 is 5.23. The smallest absolute Gasteiger partial charge is 0.258 e. The molecule has 0 aliphatic carbocycles. The average Bonchev–Trinajstić information content (AvgIpc) is 2.96. The molecular weight excluding hydrogens is 250 g/mol. The van der Waals surface area contributed by atoms with Gasteiger partial charge >= 0.3 is 0 Å². The fourth-order valence-corrected chi connectivity index (χ4v) is 1.78. The number of nitrogens with two attached hydrogens (primary N) is 1. The Hall–Kier alpha value is -2.88. The van der Waals surface area contributed by atoms with Crippen LogP contribution in [-0.4, -0.2) is 10.1 Å². The fraction of sp³-hybridized carbons (Fsp3) is 0. The Morgan fingerprint density at radius 1 is 0.900 bits per heavy atom. The first kappa shape index (κ1) is 12.2. The average molecular weight is 263 g/mol. The molecule has 0 bridgehead atoms. The van der Waals surface area contributed by atoms with Gasteiger partial charge in [0.2, 0.25) is 0 Å². The lowest BCUT2D eigenvalue weighted by molar-refractivity contribution is 0.429. The summed E-state index contributed by atoms with van der Waals surface area (Å²) in [6.07, 6.45) is 3.76. The molecule has 0 saturated carbocycles. The first-order valence-electron chi connectivity index (χ1n) is 6.24. The van der Waals surface area contributed by atoms with Crippen LogP contribution in [0.25, 0.3) is 23.6 Å². The van der Waals surface area contributed by atoms with Crippen molar-refractivity contribution < 1.29 is 4.52 Å². The number of nitrogens with zero attached hydrogens (tertiary/aromatic N) is 2. The summed E-state index contributed by atoms with van der Waals surface area (Å²) in [5, 5.41) is 3.93. The molecule has 1 heterocycles. The van der Waals surface area contributed by atoms with Gasteiger partial charge in [0.15, 0.2) is 5.82 Å². The maximum Gasteiger partial charge on any atom is 0.258 e. The van der Waals surface area contributed by atoms with Crippen molar-refractivity contribution in [3.8, 4) is 11.5 Å². The largest absolute Gasteiger partial charge is 0.399 e. The van der Waals surface area contributed by atoms with E-state index in [2.05, 4.69) is 10.1 Å². The first-order chi connectivity index (χ1) is 9.81. The highest BCUT2D eigenvalue weighted by Gasteiger charge is 2.06. The predicted molar refractivity (Wildman–Crippen MR) is 79.5 cm³/mol. The summed E-state index contributed by atoms with van der Waals surface area (Å²) in [6, 6.07) is 17.3. The number of benzene rings is 2. The number of rotatable bonds is 3. The van der Waals surface area contributed by atoms with Gasteiger partial charge in [-0.05, 0) is 35.9 Å². The van der Waals surface area contributed by atoms with Crippen molar-refractivity contribution >= 4 is 17.8 Å². The third-order valence-electron chi connectivity index (χ3n) is 2.82. The van der Waals surface area contributed by atoms with Gasteiger partial charge in [-0.1, -0.05) is 41.6 Å². The summed E-state index contributed by atoms with van der Waals surface area (Å²) >= 11 is 0. The fourth-order valence-electron chi connectivity index (χ4n) is 1.78. The summed E-state index contributed by atoms with van der Waals surface area (Å²) in [7, 11) is 0. The third kappa shape index (κ3) is 2.75. The van der Waals surface area contributed by atoms with Crippen LogP contribution in [0.4, 0.5) is 5.69 Å². The summed E-state index contributed by atoms with van der Waals surface area (Å²) in [4.78, 5) is 4.32. The predicted octanol–water partition coefficient (Wildman–Crippen LogP) is 3.49. The number of aromatic nitrogens is 2. The van der Waals surface area contributed by atoms with E-state index in [1.807, 2.05) is 54.6 Å². The zero-order chi connectivity index (χ0) is 13.8. The number of anilines is 1. The van der Waals surface area contributed by atoms with E-state index in [1.54, 1.807) is 12.1 Å². The second-order valence-corrected chi connectivity index (χ2v) is 4.32. The van der Waals surface area contributed by atoms with Crippen LogP contribution < -0.4 is 5.73 Å². The van der Waals surface area contributed by atoms with Crippen LogP contribution in [-0.2, 0) is 0 Å². The van der Waals surface area contributed by atoms with E-state index in [0.29, 0.717) is 17.4 Å². The van der Waals surface area contributed by atoms with E-state index in [0.717, 1.165) is 11.1 Å². The minimum absolute atomic E-state index is 0.484. The van der Waals surface area contributed by atoms with Crippen LogP contribution in [0, 0.1) is 0 Å². The van der Waals surface area contributed by atoms with E-state index in [4.69, 9.17) is 10.3 Å². The molecule has 1 aromatic heterocycles. The van der Waals surface area contributed by atoms with Gasteiger partial charge < -0.3 is 10.3 Å². The molecule has 0 aliphatic heterocycles. The van der Waals surface area contributed by atoms with Gasteiger partial charge in [0, 0.05) is 11.3 Å². The molecule has 4 nitrogen and oxygen atoms in total. The van der Waals surface area contributed by atoms with E-state index < -0.39 is 0 Å². The van der Waals surface area contributed by atoms with Crippen LogP contribution >= 0.6 is 0 Å². The van der Waals surface area contributed by atoms with Crippen LogP contribution in [0.15, 0.2) is 59.1 Å². The van der Waals surface area contributed by atoms with Gasteiger partial charge in [0.1, 0.15) is 0 Å². The molecule has 0 unspecified atom stereocenters. The van der Waals surface area contributed by atoms with Gasteiger partial charge in [-0.15, -0.1) is 0 Å². The molecule has 98 valence electrons. The normalized spacial score (nSPS) is 11.0. The Morgan fingerprint density at radius 2 is 1.65 bits per heavy atom. The van der Waals surface area contributed by atoms with Crippen molar-refractivity contribution in [3.63, 3.8) is 0 Å². The lowest BCUT2D eigenvalue weighted by atomic mass is 10.2. The van der Waals surface area contributed by atoms with E-state index in [-0.39, 0.29) is 0 Å². The zero-order valence-electron chi connectivity index (χ0n) is 10.7. The highest BCUT2D eigenvalue weighted by atomic mass is 16.5. The van der Waals surface area contributed by atoms with Crippen molar-refractivity contribution in [2.45, 2.75) is 0 Å². The summed E-state index contributed by atoms with van der Waals surface area (Å²) in [5.74, 6) is 1.03. The Kier molecular flexibility index (Phi) is 3.29. The Morgan fingerprint density at radius 3 is 2.40 bits per heavy atom. The molecule has 20 heavy (non-hydrogen) atoms. The standard InChI is InChI=1S/C16H13N3O/c17-14-9-7-13(8-10-14)16-18-15(19-20-16)11-6-12-4-2-1-3-5-12/h1-11H,17H2/b11-6+. The Balaban J connectivity index is 1.80. The third-order valence-corrected chi connectivity index (χ3v) is 2.82. The molecule has 0 saturated heterocycles. The van der Waals surface area contributed by atoms with Crippen molar-refractivity contribution in [1.82, 2.24) is 10.1 Å². The number of hydrogen-bond donors (Lipinski definition) is 1. The minimum Gasteiger partial charge on any atom is -0.399 e. The van der Waals surface area contributed by atoms with Crippen molar-refractivity contribution in [2.75, 3.05) is 5.73 Å². The molecule has 0 spiro atoms. The topological polar surface area (TPSA) is 64.9 Å². The molecule has 2 N–H and O–H groups in total. The summed E-state index contributed by atoms with van der Waals surface area (Å²) in [5.41, 5.74) is 8.29. The number of nitrogen functional groups attached to an aromatic ring is 1. The molecule has 3 rings (SSSR count). The Bertz CT molecular complexity index is 715. The van der Waals surface area contributed by atoms with Crippen molar-refractivity contribution in [1.29, 1.82) is 0 Å². The maximum atomic E-state index is 5.64. The molecule has 0 fully saturated rings. The zero-order valence-corrected chi connectivity index (χ0v) is 10.7. The lowest BCUT2D eigenvalue weighted by Gasteiger charge is -1.94. The molecule has 0 amide bonds. The minimum atomic E-state index is 0.484. The van der Waals surface area contributed by atoms with E-state index in [1.165, 1.54) is 0 Å². The molecule has 0 aliphatic rings.